The van der Waals surface area contributed by atoms with Crippen molar-refractivity contribution in [2.24, 2.45) is 0 Å². The molecule has 0 aromatic carbocycles. The summed E-state index contributed by atoms with van der Waals surface area (Å²) in [4.78, 5) is 6.09. The maximum absolute atomic E-state index is 4.87. The molecule has 0 bridgehead atoms. The van der Waals surface area contributed by atoms with Gasteiger partial charge in [-0.15, -0.1) is 0 Å². The molecule has 0 saturated heterocycles. The molecule has 0 N–H and O–H groups in total. The number of rotatable bonds is 5. The lowest BCUT2D eigenvalue weighted by molar-refractivity contribution is 0.164. The molecule has 16 heavy (non-hydrogen) atoms. The van der Waals surface area contributed by atoms with Gasteiger partial charge in [-0.25, -0.2) is 4.98 Å². The Hall–Kier alpha value is -1.13. The van der Waals surface area contributed by atoms with Crippen LogP contribution in [0.5, 0.6) is 5.88 Å². The Labute approximate surface area is 98.2 Å². The Morgan fingerprint density at radius 2 is 2.06 bits per heavy atom. The van der Waals surface area contributed by atoms with Gasteiger partial charge in [0.15, 0.2) is 0 Å². The number of hydrogen-bond acceptors (Lipinski definition) is 4. The first-order chi connectivity index (χ1) is 7.74. The lowest BCUT2D eigenvalue weighted by Gasteiger charge is -2.11. The van der Waals surface area contributed by atoms with E-state index in [1.807, 2.05) is 12.1 Å². The van der Waals surface area contributed by atoms with E-state index in [4.69, 9.17) is 9.47 Å². The quantitative estimate of drug-likeness (QED) is 0.765. The first kappa shape index (κ1) is 14.9. The van der Waals surface area contributed by atoms with Crippen molar-refractivity contribution >= 4 is 0 Å². The Kier molecular flexibility index (Phi) is 9.66. The molecule has 0 radical (unpaired) electrons. The first-order valence-electron chi connectivity index (χ1n) is 5.37. The molecule has 0 amide bonds. The van der Waals surface area contributed by atoms with Gasteiger partial charge in [-0.3, -0.25) is 0 Å². The third-order valence-corrected chi connectivity index (χ3v) is 2.06. The standard InChI is InChI=1S/C6H7NO.C6H15NO/c1-8-6-4-2-3-5-7-6;1-4-7(2)5-6-8-3/h2-5H,1H3;4-6H2,1-3H3. The summed E-state index contributed by atoms with van der Waals surface area (Å²) in [5.74, 6) is 0.660. The molecular weight excluding hydrogens is 204 g/mol. The average molecular weight is 226 g/mol. The summed E-state index contributed by atoms with van der Waals surface area (Å²) in [5.41, 5.74) is 0. The maximum atomic E-state index is 4.87. The van der Waals surface area contributed by atoms with Crippen molar-refractivity contribution < 1.29 is 9.47 Å². The molecule has 0 spiro atoms. The fourth-order valence-corrected chi connectivity index (χ4v) is 0.873. The van der Waals surface area contributed by atoms with Crippen molar-refractivity contribution in [3.05, 3.63) is 24.4 Å². The second-order valence-electron chi connectivity index (χ2n) is 3.26. The number of hydrogen-bond donors (Lipinski definition) is 0. The summed E-state index contributed by atoms with van der Waals surface area (Å²) in [6.45, 7) is 5.11. The van der Waals surface area contributed by atoms with E-state index in [-0.39, 0.29) is 0 Å². The van der Waals surface area contributed by atoms with E-state index in [0.29, 0.717) is 5.88 Å². The van der Waals surface area contributed by atoms with Crippen LogP contribution in [0.15, 0.2) is 24.4 Å². The van der Waals surface area contributed by atoms with Crippen LogP contribution in [0.3, 0.4) is 0 Å². The molecule has 4 heteroatoms. The first-order valence-corrected chi connectivity index (χ1v) is 5.37. The molecule has 1 aromatic rings. The average Bonchev–Trinajstić information content (AvgIpc) is 2.37. The highest BCUT2D eigenvalue weighted by atomic mass is 16.5. The molecule has 4 nitrogen and oxygen atoms in total. The van der Waals surface area contributed by atoms with Crippen LogP contribution in [0.2, 0.25) is 0 Å². The van der Waals surface area contributed by atoms with Gasteiger partial charge in [0, 0.05) is 25.9 Å². The Balaban J connectivity index is 0.000000281. The van der Waals surface area contributed by atoms with Crippen molar-refractivity contribution in [2.45, 2.75) is 6.92 Å². The lowest BCUT2D eigenvalue weighted by atomic mass is 10.5. The highest BCUT2D eigenvalue weighted by Crippen LogP contribution is 1.99. The predicted octanol–water partition coefficient (Wildman–Crippen LogP) is 1.67. The zero-order valence-corrected chi connectivity index (χ0v) is 10.6. The Bertz CT molecular complexity index is 242. The summed E-state index contributed by atoms with van der Waals surface area (Å²) < 4.78 is 9.68. The van der Waals surface area contributed by atoms with Gasteiger partial charge in [-0.1, -0.05) is 13.0 Å². The number of ether oxygens (including phenoxy) is 2. The smallest absolute Gasteiger partial charge is 0.212 e. The number of methoxy groups -OCH3 is 2. The SMILES string of the molecule is CCN(C)CCOC.COc1ccccn1. The summed E-state index contributed by atoms with van der Waals surface area (Å²) in [6, 6.07) is 5.54. The van der Waals surface area contributed by atoms with Crippen LogP contribution in [0, 0.1) is 0 Å². The minimum absolute atomic E-state index is 0.660. The minimum Gasteiger partial charge on any atom is -0.481 e. The van der Waals surface area contributed by atoms with Gasteiger partial charge in [0.2, 0.25) is 5.88 Å². The molecule has 1 rings (SSSR count). The Morgan fingerprint density at radius 3 is 2.44 bits per heavy atom. The van der Waals surface area contributed by atoms with E-state index in [9.17, 15) is 0 Å². The minimum atomic E-state index is 0.660. The largest absolute Gasteiger partial charge is 0.481 e. The molecule has 0 aliphatic carbocycles. The van der Waals surface area contributed by atoms with Gasteiger partial charge < -0.3 is 14.4 Å². The second kappa shape index (κ2) is 10.4. The molecule has 0 saturated carbocycles. The van der Waals surface area contributed by atoms with Crippen molar-refractivity contribution in [3.8, 4) is 5.88 Å². The lowest BCUT2D eigenvalue weighted by Crippen LogP contribution is -2.21. The zero-order valence-electron chi connectivity index (χ0n) is 10.6. The molecule has 0 aliphatic heterocycles. The van der Waals surface area contributed by atoms with Gasteiger partial charge in [-0.05, 0) is 19.7 Å². The molecule has 0 fully saturated rings. The summed E-state index contributed by atoms with van der Waals surface area (Å²) in [5, 5.41) is 0. The maximum Gasteiger partial charge on any atom is 0.212 e. The van der Waals surface area contributed by atoms with E-state index in [0.717, 1.165) is 19.7 Å². The van der Waals surface area contributed by atoms with Crippen molar-refractivity contribution in [1.29, 1.82) is 0 Å². The van der Waals surface area contributed by atoms with E-state index in [1.165, 1.54) is 0 Å². The van der Waals surface area contributed by atoms with E-state index in [2.05, 4.69) is 23.9 Å². The summed E-state index contributed by atoms with van der Waals surface area (Å²) in [7, 11) is 5.41. The van der Waals surface area contributed by atoms with Crippen molar-refractivity contribution in [2.75, 3.05) is 41.0 Å². The molecule has 0 unspecified atom stereocenters. The number of likely N-dealkylation sites (N-methyl/N-ethyl adjacent to an activating group) is 1. The monoisotopic (exact) mass is 226 g/mol. The number of aromatic nitrogens is 1. The van der Waals surface area contributed by atoms with Gasteiger partial charge >= 0.3 is 0 Å². The molecular formula is C12H22N2O2. The predicted molar refractivity (Wildman–Crippen MR) is 65.8 cm³/mol. The van der Waals surface area contributed by atoms with Crippen molar-refractivity contribution in [1.82, 2.24) is 9.88 Å². The third-order valence-electron chi connectivity index (χ3n) is 2.06. The topological polar surface area (TPSA) is 34.6 Å². The van der Waals surface area contributed by atoms with Gasteiger partial charge in [-0.2, -0.15) is 0 Å². The van der Waals surface area contributed by atoms with E-state index < -0.39 is 0 Å². The van der Waals surface area contributed by atoms with Crippen molar-refractivity contribution in [3.63, 3.8) is 0 Å². The van der Waals surface area contributed by atoms with Gasteiger partial charge in [0.1, 0.15) is 0 Å². The highest BCUT2D eigenvalue weighted by molar-refractivity contribution is 5.08. The normalized spacial score (nSPS) is 9.56. The molecule has 1 aromatic heterocycles. The van der Waals surface area contributed by atoms with Crippen LogP contribution in [-0.2, 0) is 4.74 Å². The van der Waals surface area contributed by atoms with E-state index >= 15 is 0 Å². The number of pyridine rings is 1. The fourth-order valence-electron chi connectivity index (χ4n) is 0.873. The van der Waals surface area contributed by atoms with Gasteiger partial charge in [0.25, 0.3) is 0 Å². The van der Waals surface area contributed by atoms with Crippen LogP contribution in [0.4, 0.5) is 0 Å². The van der Waals surface area contributed by atoms with Crippen LogP contribution in [0.25, 0.3) is 0 Å². The molecule has 0 aliphatic rings. The van der Waals surface area contributed by atoms with Crippen LogP contribution in [-0.4, -0.2) is 50.8 Å². The fraction of sp³-hybridized carbons (Fsp3) is 0.583. The summed E-state index contributed by atoms with van der Waals surface area (Å²) in [6.07, 6.45) is 1.69. The van der Waals surface area contributed by atoms with Crippen LogP contribution in [0.1, 0.15) is 6.92 Å². The second-order valence-corrected chi connectivity index (χ2v) is 3.26. The Morgan fingerprint density at radius 1 is 1.31 bits per heavy atom. The highest BCUT2D eigenvalue weighted by Gasteiger charge is 1.89. The zero-order chi connectivity index (χ0) is 12.2. The van der Waals surface area contributed by atoms with E-state index in [1.54, 1.807) is 26.5 Å². The molecule has 0 atom stereocenters. The van der Waals surface area contributed by atoms with Crippen LogP contribution >= 0.6 is 0 Å². The number of nitrogens with zero attached hydrogens (tertiary/aromatic N) is 2. The van der Waals surface area contributed by atoms with Crippen LogP contribution < -0.4 is 4.74 Å². The molecule has 92 valence electrons. The molecule has 1 heterocycles. The summed E-state index contributed by atoms with van der Waals surface area (Å²) >= 11 is 0. The third kappa shape index (κ3) is 8.20. The van der Waals surface area contributed by atoms with Gasteiger partial charge in [0.05, 0.1) is 13.7 Å².